The molecule has 147 valence electrons. The lowest BCUT2D eigenvalue weighted by Crippen LogP contribution is -2.18. The van der Waals surface area contributed by atoms with Crippen molar-refractivity contribution >= 4 is 29.7 Å². The van der Waals surface area contributed by atoms with Crippen molar-refractivity contribution in [3.8, 4) is 0 Å². The minimum atomic E-state index is 0.256. The maximum Gasteiger partial charge on any atom is 0.165 e. The topological polar surface area (TPSA) is 60.0 Å². The molecule has 2 aromatic rings. The van der Waals surface area contributed by atoms with Gasteiger partial charge in [0.05, 0.1) is 5.52 Å². The van der Waals surface area contributed by atoms with E-state index in [0.717, 1.165) is 71.3 Å². The number of hydrogen-bond acceptors (Lipinski definition) is 3. The third-order valence-electron chi connectivity index (χ3n) is 5.71. The molecule has 4 nitrogen and oxygen atoms in total. The number of allylic oxidation sites excluding steroid dienone is 4. The normalized spacial score (nSPS) is 16.4. The summed E-state index contributed by atoms with van der Waals surface area (Å²) in [5, 5.41) is 4.57. The number of rotatable bonds is 6. The van der Waals surface area contributed by atoms with Gasteiger partial charge in [0.25, 0.3) is 0 Å². The molecule has 0 unspecified atom stereocenters. The molecule has 0 saturated heterocycles. The van der Waals surface area contributed by atoms with E-state index in [1.54, 1.807) is 0 Å². The molecule has 4 rings (SSSR count). The fourth-order valence-corrected chi connectivity index (χ4v) is 4.33. The second-order valence-corrected chi connectivity index (χ2v) is 7.66. The van der Waals surface area contributed by atoms with Crippen molar-refractivity contribution < 1.29 is 4.79 Å². The molecule has 0 saturated carbocycles. The third kappa shape index (κ3) is 3.57. The summed E-state index contributed by atoms with van der Waals surface area (Å²) in [5.41, 5.74) is 12.9. The average molecular weight is 384 g/mol. The Bertz CT molecular complexity index is 1070. The second kappa shape index (κ2) is 8.20. The van der Waals surface area contributed by atoms with Gasteiger partial charge < -0.3 is 15.6 Å². The van der Waals surface area contributed by atoms with Crippen LogP contribution in [0.4, 0.5) is 0 Å². The maximum atomic E-state index is 12.7. The molecule has 1 aromatic heterocycles. The van der Waals surface area contributed by atoms with Gasteiger partial charge in [0, 0.05) is 58.7 Å². The van der Waals surface area contributed by atoms with Crippen LogP contribution in [0.1, 0.15) is 35.3 Å². The highest BCUT2D eigenvalue weighted by Crippen LogP contribution is 2.35. The van der Waals surface area contributed by atoms with E-state index in [2.05, 4.69) is 54.9 Å². The molecule has 2 aliphatic carbocycles. The number of ketones is 1. The van der Waals surface area contributed by atoms with E-state index in [9.17, 15) is 4.79 Å². The highest BCUT2D eigenvalue weighted by atomic mass is 16.1. The number of nitrogens with zero attached hydrogens (tertiary/aromatic N) is 1. The molecule has 29 heavy (non-hydrogen) atoms. The standard InChI is InChI=1S/C24H27BN3O/c1-16(26)18-12-10-17(11-13-20(18)27-15-14-25-2)28-21-7-4-3-6-19(21)24-22(28)8-5-9-23(24)29/h3-4,6-7,10-12,27H,1,5,8-9,13-15,26H2,2H3. The molecule has 1 radical (unpaired) electrons. The number of carbonyl (C=O) groups is 1. The molecule has 0 atom stereocenters. The molecule has 2 aliphatic rings. The number of hydrogen-bond donors (Lipinski definition) is 2. The van der Waals surface area contributed by atoms with E-state index in [-0.39, 0.29) is 5.78 Å². The molecular formula is C24H27BN3O. The molecule has 3 N–H and O–H groups in total. The smallest absolute Gasteiger partial charge is 0.165 e. The fourth-order valence-electron chi connectivity index (χ4n) is 4.33. The molecule has 1 heterocycles. The van der Waals surface area contributed by atoms with Gasteiger partial charge in [-0.15, -0.1) is 0 Å². The Balaban J connectivity index is 1.79. The lowest BCUT2D eigenvalue weighted by atomic mass is 9.78. The van der Waals surface area contributed by atoms with Crippen molar-refractivity contribution in [2.45, 2.75) is 38.8 Å². The summed E-state index contributed by atoms with van der Waals surface area (Å²) < 4.78 is 2.26. The first-order chi connectivity index (χ1) is 14.1. The van der Waals surface area contributed by atoms with Gasteiger partial charge in [-0.05, 0) is 31.1 Å². The lowest BCUT2D eigenvalue weighted by molar-refractivity contribution is 0.0973. The molecule has 0 spiro atoms. The molecular weight excluding hydrogens is 357 g/mol. The second-order valence-electron chi connectivity index (χ2n) is 7.66. The Morgan fingerprint density at radius 3 is 2.90 bits per heavy atom. The van der Waals surface area contributed by atoms with Gasteiger partial charge in [-0.2, -0.15) is 0 Å². The Morgan fingerprint density at radius 1 is 1.28 bits per heavy atom. The zero-order chi connectivity index (χ0) is 20.4. The van der Waals surface area contributed by atoms with E-state index < -0.39 is 0 Å². The van der Waals surface area contributed by atoms with Gasteiger partial charge in [-0.3, -0.25) is 4.79 Å². The van der Waals surface area contributed by atoms with E-state index in [1.807, 2.05) is 18.2 Å². The van der Waals surface area contributed by atoms with Crippen LogP contribution in [-0.2, 0) is 6.42 Å². The highest BCUT2D eigenvalue weighted by molar-refractivity contribution is 6.33. The molecule has 0 aliphatic heterocycles. The van der Waals surface area contributed by atoms with Gasteiger partial charge in [0.2, 0.25) is 0 Å². The number of benzene rings is 1. The minimum Gasteiger partial charge on any atom is -0.399 e. The zero-order valence-electron chi connectivity index (χ0n) is 17.0. The minimum absolute atomic E-state index is 0.256. The summed E-state index contributed by atoms with van der Waals surface area (Å²) in [4.78, 5) is 12.7. The number of carbonyl (C=O) groups excluding carboxylic acids is 1. The van der Waals surface area contributed by atoms with E-state index in [0.29, 0.717) is 12.1 Å². The largest absolute Gasteiger partial charge is 0.399 e. The van der Waals surface area contributed by atoms with E-state index in [4.69, 9.17) is 5.73 Å². The van der Waals surface area contributed by atoms with Crippen LogP contribution in [0.2, 0.25) is 13.1 Å². The first-order valence-corrected chi connectivity index (χ1v) is 10.4. The Labute approximate surface area is 173 Å². The quantitative estimate of drug-likeness (QED) is 0.572. The van der Waals surface area contributed by atoms with Crippen molar-refractivity contribution in [1.29, 1.82) is 0 Å². The number of fused-ring (bicyclic) bond motifs is 3. The molecule has 5 heteroatoms. The Morgan fingerprint density at radius 2 is 2.10 bits per heavy atom. The molecule has 0 amide bonds. The van der Waals surface area contributed by atoms with Gasteiger partial charge in [-0.1, -0.05) is 44.0 Å². The maximum absolute atomic E-state index is 12.7. The van der Waals surface area contributed by atoms with Gasteiger partial charge in [0.1, 0.15) is 7.28 Å². The fraction of sp³-hybridized carbons (Fsp3) is 0.292. The SMILES string of the molecule is C=C(N)C1=C(NCC[B]C)CC=C(n2c3c(c4ccccc42)C(=O)CCC3)C=C1. The van der Waals surface area contributed by atoms with Crippen molar-refractivity contribution in [2.75, 3.05) is 6.54 Å². The average Bonchev–Trinajstić information content (AvgIpc) is 2.90. The first-order valence-electron chi connectivity index (χ1n) is 10.4. The summed E-state index contributed by atoms with van der Waals surface area (Å²) in [6, 6.07) is 8.22. The van der Waals surface area contributed by atoms with Crippen LogP contribution in [-0.4, -0.2) is 24.2 Å². The number of aromatic nitrogens is 1. The van der Waals surface area contributed by atoms with Gasteiger partial charge >= 0.3 is 0 Å². The number of nitrogens with two attached hydrogens (primary N) is 1. The monoisotopic (exact) mass is 384 g/mol. The predicted octanol–water partition coefficient (Wildman–Crippen LogP) is 4.45. The van der Waals surface area contributed by atoms with Crippen LogP contribution in [0.5, 0.6) is 0 Å². The summed E-state index contributed by atoms with van der Waals surface area (Å²) in [6.07, 6.45) is 10.6. The van der Waals surface area contributed by atoms with Crippen LogP contribution in [0.3, 0.4) is 0 Å². The number of nitrogens with one attached hydrogen (secondary N) is 1. The molecule has 1 aromatic carbocycles. The Hall–Kier alpha value is -2.95. The van der Waals surface area contributed by atoms with Crippen molar-refractivity contribution in [1.82, 2.24) is 9.88 Å². The van der Waals surface area contributed by atoms with Crippen LogP contribution in [0, 0.1) is 0 Å². The van der Waals surface area contributed by atoms with Gasteiger partial charge in [0.15, 0.2) is 5.78 Å². The first kappa shape index (κ1) is 19.4. The van der Waals surface area contributed by atoms with E-state index in [1.165, 1.54) is 0 Å². The highest BCUT2D eigenvalue weighted by Gasteiger charge is 2.26. The van der Waals surface area contributed by atoms with Crippen LogP contribution in [0.25, 0.3) is 16.6 Å². The lowest BCUT2D eigenvalue weighted by Gasteiger charge is -2.16. The van der Waals surface area contributed by atoms with Gasteiger partial charge in [-0.25, -0.2) is 0 Å². The predicted molar refractivity (Wildman–Crippen MR) is 122 cm³/mol. The summed E-state index contributed by atoms with van der Waals surface area (Å²) in [7, 11) is 2.15. The Kier molecular flexibility index (Phi) is 5.48. The summed E-state index contributed by atoms with van der Waals surface area (Å²) in [5.74, 6) is 0.256. The van der Waals surface area contributed by atoms with Crippen LogP contribution >= 0.6 is 0 Å². The van der Waals surface area contributed by atoms with Crippen molar-refractivity contribution in [3.05, 3.63) is 77.3 Å². The van der Waals surface area contributed by atoms with Crippen molar-refractivity contribution in [3.63, 3.8) is 0 Å². The van der Waals surface area contributed by atoms with Crippen LogP contribution in [0.15, 0.2) is 66.0 Å². The number of para-hydroxylation sites is 1. The molecule has 0 fully saturated rings. The zero-order valence-corrected chi connectivity index (χ0v) is 17.0. The summed E-state index contributed by atoms with van der Waals surface area (Å²) in [6.45, 7) is 6.90. The number of Topliss-reactive ketones (excluding diaryl/α,β-unsaturated/α-hetero) is 1. The summed E-state index contributed by atoms with van der Waals surface area (Å²) >= 11 is 0. The third-order valence-corrected chi connectivity index (χ3v) is 5.71. The van der Waals surface area contributed by atoms with E-state index >= 15 is 0 Å². The van der Waals surface area contributed by atoms with Crippen LogP contribution < -0.4 is 11.1 Å². The molecule has 0 bridgehead atoms. The van der Waals surface area contributed by atoms with Crippen molar-refractivity contribution in [2.24, 2.45) is 5.73 Å².